The average molecular weight is 1100 g/mol. The van der Waals surface area contributed by atoms with E-state index >= 15 is 0 Å². The third-order valence-electron chi connectivity index (χ3n) is 16.4. The van der Waals surface area contributed by atoms with Gasteiger partial charge in [-0.25, -0.2) is 0 Å². The zero-order chi connectivity index (χ0) is 56.4. The Hall–Kier alpha value is -1.92. The van der Waals surface area contributed by atoms with E-state index in [9.17, 15) is 19.8 Å². The standard InChI is InChI=1S/C72H137NO5/c1-3-5-7-9-11-13-15-17-19-21-29-33-36-40-44-48-52-56-60-64-70(75)69(68-74)73-71(76)65-61-57-53-49-45-41-37-34-30-27-25-23-22-24-26-28-31-35-39-43-47-51-55-59-63-67-78-72(77)66-62-58-54-50-46-42-38-32-20-18-16-14-12-10-8-6-4-2/h12,14,18,20,60,64,69-70,74-75H,3-11,13,15-17,19,21-59,61-63,65-68H2,1-2H3,(H,73,76)/b14-12-,20-18-,64-60+. The van der Waals surface area contributed by atoms with Crippen molar-refractivity contribution in [3.8, 4) is 0 Å². The molecule has 6 nitrogen and oxygen atoms in total. The second kappa shape index (κ2) is 67.6. The number of carbonyl (C=O) groups excluding carboxylic acids is 2. The first-order valence-electron chi connectivity index (χ1n) is 35.3. The number of esters is 1. The van der Waals surface area contributed by atoms with E-state index in [4.69, 9.17) is 4.74 Å². The van der Waals surface area contributed by atoms with Crippen molar-refractivity contribution in [3.63, 3.8) is 0 Å². The zero-order valence-corrected chi connectivity index (χ0v) is 52.7. The molecule has 0 bridgehead atoms. The molecular formula is C72H137NO5. The smallest absolute Gasteiger partial charge is 0.305 e. The summed E-state index contributed by atoms with van der Waals surface area (Å²) in [5, 5.41) is 23.2. The Morgan fingerprint density at radius 2 is 0.641 bits per heavy atom. The molecule has 0 saturated heterocycles. The Morgan fingerprint density at radius 3 is 1.00 bits per heavy atom. The van der Waals surface area contributed by atoms with Crippen molar-refractivity contribution in [2.45, 2.75) is 398 Å². The van der Waals surface area contributed by atoms with Crippen LogP contribution in [0.25, 0.3) is 0 Å². The van der Waals surface area contributed by atoms with Crippen molar-refractivity contribution in [3.05, 3.63) is 36.5 Å². The van der Waals surface area contributed by atoms with Gasteiger partial charge in [-0.05, 0) is 64.2 Å². The zero-order valence-electron chi connectivity index (χ0n) is 52.7. The second-order valence-corrected chi connectivity index (χ2v) is 24.2. The highest BCUT2D eigenvalue weighted by Gasteiger charge is 2.18. The Bertz CT molecular complexity index is 1260. The monoisotopic (exact) mass is 1100 g/mol. The van der Waals surface area contributed by atoms with Crippen LogP contribution in [-0.2, 0) is 14.3 Å². The number of aliphatic hydroxyl groups excluding tert-OH is 2. The molecule has 0 aromatic heterocycles. The molecule has 0 aromatic carbocycles. The van der Waals surface area contributed by atoms with Crippen LogP contribution in [0, 0.1) is 0 Å². The maximum atomic E-state index is 12.5. The molecule has 1 amide bonds. The van der Waals surface area contributed by atoms with Crippen LogP contribution in [0.4, 0.5) is 0 Å². The molecule has 0 aromatic rings. The predicted molar refractivity (Wildman–Crippen MR) is 343 cm³/mol. The van der Waals surface area contributed by atoms with E-state index in [0.29, 0.717) is 19.4 Å². The number of ether oxygens (including phenoxy) is 1. The van der Waals surface area contributed by atoms with E-state index in [1.165, 1.54) is 308 Å². The fourth-order valence-electron chi connectivity index (χ4n) is 11.0. The number of hydrogen-bond donors (Lipinski definition) is 3. The highest BCUT2D eigenvalue weighted by molar-refractivity contribution is 5.76. The molecule has 460 valence electrons. The highest BCUT2D eigenvalue weighted by Crippen LogP contribution is 2.19. The van der Waals surface area contributed by atoms with Gasteiger partial charge in [0.15, 0.2) is 0 Å². The van der Waals surface area contributed by atoms with Gasteiger partial charge in [0, 0.05) is 12.8 Å². The minimum Gasteiger partial charge on any atom is -0.466 e. The molecule has 0 saturated carbocycles. The van der Waals surface area contributed by atoms with Crippen molar-refractivity contribution >= 4 is 11.9 Å². The summed E-state index contributed by atoms with van der Waals surface area (Å²) < 4.78 is 5.50. The third kappa shape index (κ3) is 63.3. The van der Waals surface area contributed by atoms with E-state index in [1.807, 2.05) is 6.08 Å². The first-order chi connectivity index (χ1) is 38.5. The summed E-state index contributed by atoms with van der Waals surface area (Å²) in [7, 11) is 0. The van der Waals surface area contributed by atoms with Crippen molar-refractivity contribution in [1.82, 2.24) is 5.32 Å². The van der Waals surface area contributed by atoms with Gasteiger partial charge in [-0.3, -0.25) is 9.59 Å². The largest absolute Gasteiger partial charge is 0.466 e. The minimum atomic E-state index is -0.844. The number of rotatable bonds is 66. The van der Waals surface area contributed by atoms with E-state index in [2.05, 4.69) is 43.5 Å². The van der Waals surface area contributed by atoms with Crippen LogP contribution < -0.4 is 5.32 Å². The van der Waals surface area contributed by atoms with Gasteiger partial charge in [0.1, 0.15) is 0 Å². The molecule has 0 aliphatic rings. The summed E-state index contributed by atoms with van der Waals surface area (Å²) >= 11 is 0. The van der Waals surface area contributed by atoms with Gasteiger partial charge in [-0.1, -0.05) is 346 Å². The van der Waals surface area contributed by atoms with Crippen molar-refractivity contribution in [2.75, 3.05) is 13.2 Å². The summed E-state index contributed by atoms with van der Waals surface area (Å²) in [6, 6.07) is -0.627. The molecule has 0 fully saturated rings. The summed E-state index contributed by atoms with van der Waals surface area (Å²) in [4.78, 5) is 24.6. The molecule has 6 heteroatoms. The fourth-order valence-corrected chi connectivity index (χ4v) is 11.0. The number of nitrogens with one attached hydrogen (secondary N) is 1. The topological polar surface area (TPSA) is 95.9 Å². The van der Waals surface area contributed by atoms with Gasteiger partial charge in [0.05, 0.1) is 25.4 Å². The Morgan fingerprint density at radius 1 is 0.359 bits per heavy atom. The van der Waals surface area contributed by atoms with Crippen molar-refractivity contribution in [1.29, 1.82) is 0 Å². The normalized spacial score (nSPS) is 12.7. The van der Waals surface area contributed by atoms with Crippen molar-refractivity contribution in [2.24, 2.45) is 0 Å². The van der Waals surface area contributed by atoms with Crippen molar-refractivity contribution < 1.29 is 24.5 Å². The molecule has 0 radical (unpaired) electrons. The molecule has 0 rings (SSSR count). The summed E-state index contributed by atoms with van der Waals surface area (Å²) in [6.07, 6.45) is 86.4. The second-order valence-electron chi connectivity index (χ2n) is 24.2. The SMILES string of the molecule is CCCCC/C=C\C/C=C\CCCCCCCCCC(=O)OCCCCCCCCCCCCCCCCCCCCCCCCCCCC(=O)NC(CO)C(O)/C=C/CCCCCCCCCCCCCCCCCCC. The quantitative estimate of drug-likeness (QED) is 0.0320. The van der Waals surface area contributed by atoms with Crippen LogP contribution in [0.1, 0.15) is 386 Å². The Balaban J connectivity index is 3.38. The number of carbonyl (C=O) groups is 2. The lowest BCUT2D eigenvalue weighted by Gasteiger charge is -2.20. The molecule has 0 aliphatic heterocycles. The fraction of sp³-hybridized carbons (Fsp3) is 0.889. The molecule has 3 N–H and O–H groups in total. The maximum Gasteiger partial charge on any atom is 0.305 e. The van der Waals surface area contributed by atoms with Gasteiger partial charge in [-0.2, -0.15) is 0 Å². The Labute approximate surface area is 487 Å². The molecular weight excluding hydrogens is 959 g/mol. The number of unbranched alkanes of at least 4 members (excludes halogenated alkanes) is 51. The van der Waals surface area contributed by atoms with Crippen LogP contribution >= 0.6 is 0 Å². The van der Waals surface area contributed by atoms with E-state index < -0.39 is 12.1 Å². The molecule has 0 spiro atoms. The average Bonchev–Trinajstić information content (AvgIpc) is 3.44. The van der Waals surface area contributed by atoms with Gasteiger partial charge >= 0.3 is 5.97 Å². The predicted octanol–water partition coefficient (Wildman–Crippen LogP) is 22.7. The molecule has 0 heterocycles. The summed E-state index contributed by atoms with van der Waals surface area (Å²) in [5.41, 5.74) is 0. The van der Waals surface area contributed by atoms with Crippen LogP contribution in [0.3, 0.4) is 0 Å². The number of aliphatic hydroxyl groups is 2. The number of hydrogen-bond acceptors (Lipinski definition) is 5. The molecule has 2 unspecified atom stereocenters. The lowest BCUT2D eigenvalue weighted by molar-refractivity contribution is -0.143. The third-order valence-corrected chi connectivity index (χ3v) is 16.4. The first-order valence-corrected chi connectivity index (χ1v) is 35.3. The van der Waals surface area contributed by atoms with E-state index in [1.54, 1.807) is 6.08 Å². The lowest BCUT2D eigenvalue weighted by atomic mass is 10.0. The molecule has 2 atom stereocenters. The van der Waals surface area contributed by atoms with Crippen LogP contribution in [0.15, 0.2) is 36.5 Å². The highest BCUT2D eigenvalue weighted by atomic mass is 16.5. The van der Waals surface area contributed by atoms with Gasteiger partial charge in [0.25, 0.3) is 0 Å². The molecule has 0 aliphatic carbocycles. The van der Waals surface area contributed by atoms with Crippen LogP contribution in [-0.4, -0.2) is 47.4 Å². The number of amides is 1. The number of allylic oxidation sites excluding steroid dienone is 5. The minimum absolute atomic E-state index is 0.00868. The maximum absolute atomic E-state index is 12.5. The molecule has 78 heavy (non-hydrogen) atoms. The lowest BCUT2D eigenvalue weighted by Crippen LogP contribution is -2.45. The van der Waals surface area contributed by atoms with Crippen LogP contribution in [0.2, 0.25) is 0 Å². The van der Waals surface area contributed by atoms with E-state index in [0.717, 1.165) is 51.4 Å². The van der Waals surface area contributed by atoms with E-state index in [-0.39, 0.29) is 18.5 Å². The van der Waals surface area contributed by atoms with Gasteiger partial charge < -0.3 is 20.3 Å². The first kappa shape index (κ1) is 76.1. The Kier molecular flexibility index (Phi) is 65.9. The summed E-state index contributed by atoms with van der Waals surface area (Å²) in [6.45, 7) is 4.91. The van der Waals surface area contributed by atoms with Crippen LogP contribution in [0.5, 0.6) is 0 Å². The van der Waals surface area contributed by atoms with Gasteiger partial charge in [-0.15, -0.1) is 0 Å². The summed E-state index contributed by atoms with van der Waals surface area (Å²) in [5.74, 6) is -0.0544. The van der Waals surface area contributed by atoms with Gasteiger partial charge in [0.2, 0.25) is 5.91 Å².